The van der Waals surface area contributed by atoms with Crippen molar-refractivity contribution in [1.82, 2.24) is 19.1 Å². The molecule has 2 heterocycles. The summed E-state index contributed by atoms with van der Waals surface area (Å²) in [5, 5.41) is 0. The second-order valence-electron chi connectivity index (χ2n) is 7.73. The second kappa shape index (κ2) is 7.79. The maximum atomic E-state index is 4.97. The van der Waals surface area contributed by atoms with Gasteiger partial charge in [-0.15, -0.1) is 0 Å². The van der Waals surface area contributed by atoms with Gasteiger partial charge in [0.2, 0.25) is 0 Å². The summed E-state index contributed by atoms with van der Waals surface area (Å²) in [6, 6.07) is 25.5. The topological polar surface area (TPSA) is 35.6 Å². The van der Waals surface area contributed by atoms with Crippen LogP contribution in [0.2, 0.25) is 0 Å². The van der Waals surface area contributed by atoms with E-state index < -0.39 is 0 Å². The Kier molecular flexibility index (Phi) is 4.83. The summed E-state index contributed by atoms with van der Waals surface area (Å²) < 4.78 is 4.67. The molecule has 0 N–H and O–H groups in total. The number of aryl methyl sites for hydroxylation is 2. The monoisotopic (exact) mass is 394 g/mol. The quantitative estimate of drug-likeness (QED) is 0.328. The largest absolute Gasteiger partial charge is 0.324 e. The minimum absolute atomic E-state index is 0.953. The van der Waals surface area contributed by atoms with Gasteiger partial charge in [-0.25, -0.2) is 9.97 Å². The van der Waals surface area contributed by atoms with Crippen molar-refractivity contribution in [3.05, 3.63) is 72.8 Å². The standard InChI is InChI=1S/C26H26N4/c1-3-16-29-23-14-7-5-12-21(23)27-25(29)19-10-9-11-20(18-19)26-28-22-13-6-8-15-24(22)30(26)17-4-2/h5-15,18H,3-4,16-17H2,1-2H3. The normalized spacial score (nSPS) is 11.5. The van der Waals surface area contributed by atoms with Crippen molar-refractivity contribution < 1.29 is 0 Å². The van der Waals surface area contributed by atoms with E-state index in [0.29, 0.717) is 0 Å². The Morgan fingerprint density at radius 2 is 1.07 bits per heavy atom. The number of hydrogen-bond donors (Lipinski definition) is 0. The van der Waals surface area contributed by atoms with Gasteiger partial charge in [-0.1, -0.05) is 56.3 Å². The number of benzene rings is 3. The van der Waals surface area contributed by atoms with Gasteiger partial charge in [0, 0.05) is 24.2 Å². The van der Waals surface area contributed by atoms with Crippen LogP contribution in [0.25, 0.3) is 44.8 Å². The van der Waals surface area contributed by atoms with Gasteiger partial charge in [-0.05, 0) is 43.2 Å². The van der Waals surface area contributed by atoms with Gasteiger partial charge < -0.3 is 9.13 Å². The zero-order valence-corrected chi connectivity index (χ0v) is 17.5. The molecule has 0 amide bonds. The van der Waals surface area contributed by atoms with Gasteiger partial charge >= 0.3 is 0 Å². The molecule has 2 aromatic heterocycles. The van der Waals surface area contributed by atoms with Crippen LogP contribution in [0, 0.1) is 0 Å². The fourth-order valence-electron chi connectivity index (χ4n) is 4.29. The van der Waals surface area contributed by atoms with Gasteiger partial charge in [-0.2, -0.15) is 0 Å². The number of para-hydroxylation sites is 4. The number of imidazole rings is 2. The van der Waals surface area contributed by atoms with Gasteiger partial charge in [-0.3, -0.25) is 0 Å². The number of rotatable bonds is 6. The fraction of sp³-hybridized carbons (Fsp3) is 0.231. The Morgan fingerprint density at radius 1 is 0.600 bits per heavy atom. The van der Waals surface area contributed by atoms with Crippen LogP contribution in [0.4, 0.5) is 0 Å². The van der Waals surface area contributed by atoms with Crippen molar-refractivity contribution >= 4 is 22.1 Å². The average Bonchev–Trinajstić information content (AvgIpc) is 3.34. The predicted molar refractivity (Wildman–Crippen MR) is 124 cm³/mol. The fourth-order valence-corrected chi connectivity index (χ4v) is 4.29. The van der Waals surface area contributed by atoms with E-state index in [1.54, 1.807) is 0 Å². The summed E-state index contributed by atoms with van der Waals surface area (Å²) in [6.45, 7) is 6.33. The van der Waals surface area contributed by atoms with E-state index in [-0.39, 0.29) is 0 Å². The molecule has 0 aliphatic carbocycles. The third-order valence-electron chi connectivity index (χ3n) is 5.58. The molecule has 5 aromatic rings. The van der Waals surface area contributed by atoms with Crippen molar-refractivity contribution in [2.75, 3.05) is 0 Å². The Hall–Kier alpha value is -3.40. The maximum absolute atomic E-state index is 4.97. The average molecular weight is 395 g/mol. The SMILES string of the molecule is CCCn1c(-c2cccc(-c3nc4ccccc4n3CCC)c2)nc2ccccc21. The summed E-state index contributed by atoms with van der Waals surface area (Å²) in [4.78, 5) is 9.95. The Morgan fingerprint density at radius 3 is 1.53 bits per heavy atom. The molecule has 0 saturated heterocycles. The zero-order valence-electron chi connectivity index (χ0n) is 17.5. The van der Waals surface area contributed by atoms with Crippen molar-refractivity contribution in [2.45, 2.75) is 39.8 Å². The van der Waals surface area contributed by atoms with Crippen molar-refractivity contribution in [1.29, 1.82) is 0 Å². The van der Waals surface area contributed by atoms with Crippen LogP contribution in [-0.4, -0.2) is 19.1 Å². The highest BCUT2D eigenvalue weighted by Gasteiger charge is 2.15. The molecule has 30 heavy (non-hydrogen) atoms. The minimum Gasteiger partial charge on any atom is -0.324 e. The van der Waals surface area contributed by atoms with Crippen LogP contribution in [0.15, 0.2) is 72.8 Å². The van der Waals surface area contributed by atoms with Crippen LogP contribution in [-0.2, 0) is 13.1 Å². The highest BCUT2D eigenvalue weighted by Crippen LogP contribution is 2.30. The Labute approximate surface area is 176 Å². The molecular weight excluding hydrogens is 368 g/mol. The lowest BCUT2D eigenvalue weighted by Gasteiger charge is -2.11. The first-order valence-corrected chi connectivity index (χ1v) is 10.8. The van der Waals surface area contributed by atoms with E-state index in [9.17, 15) is 0 Å². The molecule has 0 spiro atoms. The highest BCUT2D eigenvalue weighted by molar-refractivity contribution is 5.83. The second-order valence-corrected chi connectivity index (χ2v) is 7.73. The summed E-state index contributed by atoms with van der Waals surface area (Å²) in [5.41, 5.74) is 6.74. The number of hydrogen-bond acceptors (Lipinski definition) is 2. The van der Waals surface area contributed by atoms with E-state index in [1.165, 1.54) is 11.0 Å². The Balaban J connectivity index is 1.68. The molecule has 150 valence electrons. The first-order valence-electron chi connectivity index (χ1n) is 10.8. The lowest BCUT2D eigenvalue weighted by Crippen LogP contribution is -2.01. The zero-order chi connectivity index (χ0) is 20.5. The molecule has 0 bridgehead atoms. The molecule has 4 nitrogen and oxygen atoms in total. The van der Waals surface area contributed by atoms with Crippen LogP contribution in [0.3, 0.4) is 0 Å². The van der Waals surface area contributed by atoms with Crippen molar-refractivity contribution in [2.24, 2.45) is 0 Å². The third kappa shape index (κ3) is 3.09. The molecule has 0 atom stereocenters. The van der Waals surface area contributed by atoms with E-state index in [2.05, 4.69) is 95.8 Å². The van der Waals surface area contributed by atoms with Gasteiger partial charge in [0.15, 0.2) is 0 Å². The molecule has 3 aromatic carbocycles. The summed E-state index contributed by atoms with van der Waals surface area (Å²) in [5.74, 6) is 2.05. The molecule has 0 fully saturated rings. The van der Waals surface area contributed by atoms with Crippen molar-refractivity contribution in [3.8, 4) is 22.8 Å². The molecule has 0 saturated carbocycles. The molecule has 0 aliphatic rings. The van der Waals surface area contributed by atoms with E-state index in [1.807, 2.05) is 0 Å². The Bertz CT molecular complexity index is 1230. The van der Waals surface area contributed by atoms with Gasteiger partial charge in [0.05, 0.1) is 22.1 Å². The number of nitrogens with zero attached hydrogens (tertiary/aromatic N) is 4. The highest BCUT2D eigenvalue weighted by atomic mass is 15.1. The van der Waals surface area contributed by atoms with E-state index >= 15 is 0 Å². The number of aromatic nitrogens is 4. The molecule has 4 heteroatoms. The molecule has 5 rings (SSSR count). The number of fused-ring (bicyclic) bond motifs is 2. The first-order chi connectivity index (χ1) is 14.8. The van der Waals surface area contributed by atoms with Crippen LogP contribution < -0.4 is 0 Å². The predicted octanol–water partition coefficient (Wildman–Crippen LogP) is 6.54. The molecule has 0 aliphatic heterocycles. The summed E-state index contributed by atoms with van der Waals surface area (Å²) in [7, 11) is 0. The smallest absolute Gasteiger partial charge is 0.141 e. The third-order valence-corrected chi connectivity index (χ3v) is 5.58. The summed E-state index contributed by atoms with van der Waals surface area (Å²) >= 11 is 0. The molecule has 0 unspecified atom stereocenters. The molecule has 0 radical (unpaired) electrons. The minimum atomic E-state index is 0.953. The summed E-state index contributed by atoms with van der Waals surface area (Å²) in [6.07, 6.45) is 2.14. The van der Waals surface area contributed by atoms with Crippen molar-refractivity contribution in [3.63, 3.8) is 0 Å². The van der Waals surface area contributed by atoms with Crippen LogP contribution in [0.5, 0.6) is 0 Å². The van der Waals surface area contributed by atoms with Gasteiger partial charge in [0.1, 0.15) is 11.6 Å². The lowest BCUT2D eigenvalue weighted by atomic mass is 10.1. The van der Waals surface area contributed by atoms with Gasteiger partial charge in [0.25, 0.3) is 0 Å². The lowest BCUT2D eigenvalue weighted by molar-refractivity contribution is 0.703. The van der Waals surface area contributed by atoms with Crippen LogP contribution in [0.1, 0.15) is 26.7 Å². The van der Waals surface area contributed by atoms with E-state index in [0.717, 1.165) is 59.7 Å². The molecular formula is C26H26N4. The van der Waals surface area contributed by atoms with Crippen LogP contribution >= 0.6 is 0 Å². The van der Waals surface area contributed by atoms with E-state index in [4.69, 9.17) is 9.97 Å². The first kappa shape index (κ1) is 18.6. The maximum Gasteiger partial charge on any atom is 0.141 e.